The maximum atomic E-state index is 13.6. The van der Waals surface area contributed by atoms with Crippen molar-refractivity contribution in [1.82, 2.24) is 24.6 Å². The molecule has 2 aliphatic carbocycles. The number of rotatable bonds is 4. The lowest BCUT2D eigenvalue weighted by Crippen LogP contribution is -2.49. The summed E-state index contributed by atoms with van der Waals surface area (Å²) < 4.78 is 34.4. The van der Waals surface area contributed by atoms with Gasteiger partial charge < -0.3 is 14.8 Å². The van der Waals surface area contributed by atoms with Crippen molar-refractivity contribution in [1.29, 1.82) is 0 Å². The summed E-state index contributed by atoms with van der Waals surface area (Å²) in [6, 6.07) is -0.185. The number of aromatic amines is 1. The number of aliphatic hydroxyl groups is 1. The molecule has 0 spiro atoms. The Bertz CT molecular complexity index is 993. The maximum absolute atomic E-state index is 13.6. The summed E-state index contributed by atoms with van der Waals surface area (Å²) in [7, 11) is 0. The largest absolute Gasteiger partial charge is 0.379 e. The second-order valence-electron chi connectivity index (χ2n) is 9.48. The zero-order valence-electron chi connectivity index (χ0n) is 18.2. The van der Waals surface area contributed by atoms with Crippen LogP contribution in [-0.4, -0.2) is 68.2 Å². The van der Waals surface area contributed by atoms with E-state index in [9.17, 15) is 18.7 Å². The molecule has 3 fully saturated rings. The summed E-state index contributed by atoms with van der Waals surface area (Å²) in [6.45, 7) is 2.59. The van der Waals surface area contributed by atoms with Gasteiger partial charge in [-0.1, -0.05) is 12.8 Å². The zero-order chi connectivity index (χ0) is 22.3. The fourth-order valence-electron chi connectivity index (χ4n) is 5.63. The summed E-state index contributed by atoms with van der Waals surface area (Å²) >= 11 is 0. The summed E-state index contributed by atoms with van der Waals surface area (Å²) in [5, 5.41) is 15.9. The van der Waals surface area contributed by atoms with E-state index in [1.807, 2.05) is 0 Å². The van der Waals surface area contributed by atoms with Gasteiger partial charge >= 0.3 is 0 Å². The lowest BCUT2D eigenvalue weighted by atomic mass is 9.77. The average molecular weight is 452 g/mol. The average Bonchev–Trinajstić information content (AvgIpc) is 3.24. The molecule has 3 heterocycles. The summed E-state index contributed by atoms with van der Waals surface area (Å²) in [5.41, 5.74) is 0.201. The topological polar surface area (TPSA) is 96.3 Å². The van der Waals surface area contributed by atoms with E-state index >= 15 is 0 Å². The van der Waals surface area contributed by atoms with E-state index in [1.54, 1.807) is 4.68 Å². The van der Waals surface area contributed by atoms with Gasteiger partial charge in [0.1, 0.15) is 17.4 Å². The number of fused-ring (bicyclic) bond motifs is 1. The molecule has 1 aliphatic heterocycles. The fourth-order valence-corrected chi connectivity index (χ4v) is 5.63. The number of H-pyrrole nitrogens is 1. The molecule has 2 aromatic rings. The van der Waals surface area contributed by atoms with Crippen molar-refractivity contribution in [2.75, 3.05) is 26.3 Å². The van der Waals surface area contributed by atoms with Gasteiger partial charge in [0.05, 0.1) is 25.5 Å². The molecular weight excluding hydrogens is 420 g/mol. The van der Waals surface area contributed by atoms with E-state index in [1.165, 1.54) is 6.20 Å². The normalized spacial score (nSPS) is 28.7. The van der Waals surface area contributed by atoms with Crippen molar-refractivity contribution in [3.8, 4) is 0 Å². The molecule has 3 atom stereocenters. The van der Waals surface area contributed by atoms with Crippen molar-refractivity contribution in [3.05, 3.63) is 22.4 Å². The molecule has 3 aliphatic rings. The highest BCUT2D eigenvalue weighted by molar-refractivity contribution is 5.73. The van der Waals surface area contributed by atoms with Gasteiger partial charge in [-0.15, -0.1) is 0 Å². The monoisotopic (exact) mass is 451 g/mol. The van der Waals surface area contributed by atoms with Crippen LogP contribution in [0.4, 0.5) is 8.78 Å². The molecule has 8 nitrogen and oxygen atoms in total. The van der Waals surface area contributed by atoms with Crippen molar-refractivity contribution >= 4 is 11.0 Å². The molecule has 0 aromatic carbocycles. The Balaban J connectivity index is 1.45. The summed E-state index contributed by atoms with van der Waals surface area (Å²) in [4.78, 5) is 22.7. The van der Waals surface area contributed by atoms with Crippen LogP contribution in [0.5, 0.6) is 0 Å². The molecule has 3 unspecified atom stereocenters. The maximum Gasteiger partial charge on any atom is 0.262 e. The number of alkyl halides is 2. The minimum atomic E-state index is -2.62. The standard InChI is InChI=1S/C22H31F2N5O3/c23-22(24)7-5-14(6-8-22)29-19-17(13-25-29)20(30)27-18(26-19)15-3-1-2-4-16(15)21(31)28-9-11-32-12-10-28/h13-16,21,31H,1-12H2,(H,26,27,30). The van der Waals surface area contributed by atoms with Gasteiger partial charge in [-0.3, -0.25) is 9.69 Å². The fraction of sp³-hybridized carbons (Fsp3) is 0.773. The molecule has 0 amide bonds. The third-order valence-electron chi connectivity index (χ3n) is 7.49. The molecule has 5 rings (SSSR count). The molecule has 10 heteroatoms. The van der Waals surface area contributed by atoms with Crippen LogP contribution in [-0.2, 0) is 4.74 Å². The number of nitrogens with zero attached hydrogens (tertiary/aromatic N) is 4. The smallest absolute Gasteiger partial charge is 0.262 e. The first-order valence-electron chi connectivity index (χ1n) is 11.8. The molecule has 1 saturated heterocycles. The molecule has 176 valence electrons. The van der Waals surface area contributed by atoms with Gasteiger partial charge in [0, 0.05) is 37.8 Å². The third-order valence-corrected chi connectivity index (χ3v) is 7.49. The summed E-state index contributed by atoms with van der Waals surface area (Å²) in [5.74, 6) is -2.16. The van der Waals surface area contributed by atoms with E-state index < -0.39 is 12.2 Å². The van der Waals surface area contributed by atoms with Crippen LogP contribution in [0.25, 0.3) is 11.0 Å². The van der Waals surface area contributed by atoms with Crippen molar-refractivity contribution in [2.45, 2.75) is 75.5 Å². The first kappa shape index (κ1) is 21.9. The lowest BCUT2D eigenvalue weighted by Gasteiger charge is -2.40. The third kappa shape index (κ3) is 4.20. The van der Waals surface area contributed by atoms with Gasteiger partial charge in [0.2, 0.25) is 5.92 Å². The van der Waals surface area contributed by atoms with Gasteiger partial charge in [0.15, 0.2) is 5.65 Å². The van der Waals surface area contributed by atoms with E-state index in [4.69, 9.17) is 9.72 Å². The highest BCUT2D eigenvalue weighted by atomic mass is 19.3. The SMILES string of the molecule is O=c1[nH]c(C2CCCCC2C(O)N2CCOCC2)nc2c1cnn2C1CCC(F)(F)CC1. The van der Waals surface area contributed by atoms with Gasteiger partial charge in [-0.25, -0.2) is 18.4 Å². The second-order valence-corrected chi connectivity index (χ2v) is 9.48. The number of ether oxygens (including phenoxy) is 1. The molecule has 32 heavy (non-hydrogen) atoms. The van der Waals surface area contributed by atoms with E-state index in [0.717, 1.165) is 25.7 Å². The molecular formula is C22H31F2N5O3. The van der Waals surface area contributed by atoms with Gasteiger partial charge in [0.25, 0.3) is 5.56 Å². The van der Waals surface area contributed by atoms with Crippen LogP contribution < -0.4 is 5.56 Å². The molecule has 0 radical (unpaired) electrons. The zero-order valence-corrected chi connectivity index (χ0v) is 18.2. The Labute approximate surface area is 185 Å². The first-order chi connectivity index (χ1) is 15.4. The predicted octanol–water partition coefficient (Wildman–Crippen LogP) is 2.79. The molecule has 2 N–H and O–H groups in total. The Morgan fingerprint density at radius 1 is 1.16 bits per heavy atom. The number of hydrogen-bond acceptors (Lipinski definition) is 6. The van der Waals surface area contributed by atoms with E-state index in [0.29, 0.717) is 56.0 Å². The molecule has 2 saturated carbocycles. The van der Waals surface area contributed by atoms with Crippen molar-refractivity contribution < 1.29 is 18.6 Å². The highest BCUT2D eigenvalue weighted by Gasteiger charge is 2.38. The number of halogens is 2. The number of morpholine rings is 1. The van der Waals surface area contributed by atoms with Crippen molar-refractivity contribution in [3.63, 3.8) is 0 Å². The number of hydrogen-bond donors (Lipinski definition) is 2. The van der Waals surface area contributed by atoms with Crippen LogP contribution in [0.15, 0.2) is 11.0 Å². The first-order valence-corrected chi connectivity index (χ1v) is 11.8. The minimum Gasteiger partial charge on any atom is -0.379 e. The van der Waals surface area contributed by atoms with Crippen molar-refractivity contribution in [2.24, 2.45) is 5.92 Å². The van der Waals surface area contributed by atoms with Crippen LogP contribution in [0.1, 0.15) is 69.2 Å². The molecule has 2 aromatic heterocycles. The Morgan fingerprint density at radius 2 is 1.88 bits per heavy atom. The minimum absolute atomic E-state index is 0.0350. The summed E-state index contributed by atoms with van der Waals surface area (Å²) in [6.07, 6.45) is 4.89. The second kappa shape index (κ2) is 8.79. The highest BCUT2D eigenvalue weighted by Crippen LogP contribution is 2.41. The van der Waals surface area contributed by atoms with Gasteiger partial charge in [-0.2, -0.15) is 5.10 Å². The lowest BCUT2D eigenvalue weighted by molar-refractivity contribution is -0.0971. The van der Waals surface area contributed by atoms with E-state index in [2.05, 4.69) is 15.0 Å². The number of nitrogens with one attached hydrogen (secondary N) is 1. The van der Waals surface area contributed by atoms with Crippen LogP contribution in [0.3, 0.4) is 0 Å². The Morgan fingerprint density at radius 3 is 2.62 bits per heavy atom. The van der Waals surface area contributed by atoms with Crippen LogP contribution >= 0.6 is 0 Å². The van der Waals surface area contributed by atoms with Crippen LogP contribution in [0.2, 0.25) is 0 Å². The predicted molar refractivity (Wildman–Crippen MR) is 114 cm³/mol. The Hall–Kier alpha value is -1.91. The molecule has 0 bridgehead atoms. The van der Waals surface area contributed by atoms with Crippen LogP contribution in [0, 0.1) is 5.92 Å². The van der Waals surface area contributed by atoms with Gasteiger partial charge in [-0.05, 0) is 25.7 Å². The number of aliphatic hydroxyl groups excluding tert-OH is 1. The Kier molecular flexibility index (Phi) is 6.02. The van der Waals surface area contributed by atoms with E-state index in [-0.39, 0.29) is 36.3 Å². The number of aromatic nitrogens is 4. The quantitative estimate of drug-likeness (QED) is 0.742.